The molecule has 1 aliphatic rings. The number of aliphatic hydroxyl groups is 4. The van der Waals surface area contributed by atoms with Crippen LogP contribution >= 0.6 is 23.2 Å². The van der Waals surface area contributed by atoms with E-state index in [1.54, 1.807) is 28.9 Å². The van der Waals surface area contributed by atoms with E-state index in [9.17, 15) is 25.2 Å². The van der Waals surface area contributed by atoms with Gasteiger partial charge in [-0.05, 0) is 48.5 Å². The highest BCUT2D eigenvalue weighted by molar-refractivity contribution is 6.36. The molecule has 4 N–H and O–H groups in total. The van der Waals surface area contributed by atoms with Crippen molar-refractivity contribution in [2.24, 2.45) is 0 Å². The summed E-state index contributed by atoms with van der Waals surface area (Å²) >= 11 is 12.5. The smallest absolute Gasteiger partial charge is 0.229 e. The van der Waals surface area contributed by atoms with Crippen molar-refractivity contribution in [2.45, 2.75) is 30.7 Å². The molecule has 10 nitrogen and oxygen atoms in total. The van der Waals surface area contributed by atoms with E-state index in [2.05, 4.69) is 0 Å². The summed E-state index contributed by atoms with van der Waals surface area (Å²) in [6.07, 6.45) is -5.89. The van der Waals surface area contributed by atoms with Crippen molar-refractivity contribution < 1.29 is 34.3 Å². The van der Waals surface area contributed by atoms with Crippen molar-refractivity contribution in [2.75, 3.05) is 6.61 Å². The van der Waals surface area contributed by atoms with Gasteiger partial charge in [-0.1, -0.05) is 41.4 Å². The van der Waals surface area contributed by atoms with Gasteiger partial charge in [0.15, 0.2) is 0 Å². The van der Waals surface area contributed by atoms with Crippen LogP contribution in [0.3, 0.4) is 0 Å². The van der Waals surface area contributed by atoms with Gasteiger partial charge < -0.3 is 34.3 Å². The fraction of sp³-hybridized carbons (Fsp3) is 0.200. The molecular formula is C30H24Cl2N2O8. The van der Waals surface area contributed by atoms with Crippen molar-refractivity contribution in [3.05, 3.63) is 99.3 Å². The maximum Gasteiger partial charge on any atom is 0.229 e. The monoisotopic (exact) mass is 610 g/mol. The summed E-state index contributed by atoms with van der Waals surface area (Å²) in [6.45, 7) is -0.592. The first-order valence-electron chi connectivity index (χ1n) is 12.9. The standard InChI is InChI=1S/C30H24Cl2N2O8/c31-15-6-8-18(21(32)10-15)22-12-23(34(33-22)16-4-2-1-3-5-16)20-14-40-24-11-17(7-9-19(24)26(20)36)41-30-29(39)28(38)27(37)25(13-35)42-30/h1-12,14,25,27-30,35,37-39H,13H2/t25-,27-,28+,29-,30-/m1/s1. The van der Waals surface area contributed by atoms with E-state index in [1.807, 2.05) is 30.3 Å². The number of ether oxygens (including phenoxy) is 2. The Hall–Kier alpha value is -3.74. The van der Waals surface area contributed by atoms with Crippen LogP contribution in [0.4, 0.5) is 0 Å². The average molecular weight is 611 g/mol. The zero-order chi connectivity index (χ0) is 29.5. The predicted molar refractivity (Wildman–Crippen MR) is 155 cm³/mol. The highest BCUT2D eigenvalue weighted by Crippen LogP contribution is 2.34. The van der Waals surface area contributed by atoms with E-state index in [4.69, 9.17) is 42.2 Å². The number of aliphatic hydroxyl groups excluding tert-OH is 4. The molecule has 1 saturated heterocycles. The molecule has 3 heterocycles. The SMILES string of the molecule is O=c1c(-c2cc(-c3ccc(Cl)cc3Cl)nn2-c2ccccc2)coc2cc(O[C@@H]3O[C@H](CO)[C@@H](O)[C@H](O)[C@H]3O)ccc12. The van der Waals surface area contributed by atoms with E-state index in [1.165, 1.54) is 24.5 Å². The normalized spacial score (nSPS) is 22.4. The molecule has 0 unspecified atom stereocenters. The van der Waals surface area contributed by atoms with Gasteiger partial charge in [0, 0.05) is 16.7 Å². The van der Waals surface area contributed by atoms with Crippen LogP contribution in [-0.4, -0.2) is 67.5 Å². The van der Waals surface area contributed by atoms with Gasteiger partial charge in [0.2, 0.25) is 11.7 Å². The van der Waals surface area contributed by atoms with Crippen LogP contribution in [0.25, 0.3) is 39.2 Å². The second kappa shape index (κ2) is 11.5. The van der Waals surface area contributed by atoms with E-state index in [0.717, 1.165) is 0 Å². The average Bonchev–Trinajstić information content (AvgIpc) is 3.43. The number of para-hydroxylation sites is 1. The first-order valence-corrected chi connectivity index (χ1v) is 13.6. The zero-order valence-electron chi connectivity index (χ0n) is 21.7. The molecule has 5 atom stereocenters. The Balaban J connectivity index is 1.39. The van der Waals surface area contributed by atoms with Crippen LogP contribution in [-0.2, 0) is 4.74 Å². The molecule has 1 aliphatic heterocycles. The van der Waals surface area contributed by atoms with Crippen molar-refractivity contribution >= 4 is 34.2 Å². The lowest BCUT2D eigenvalue weighted by Crippen LogP contribution is -2.60. The topological polar surface area (TPSA) is 147 Å². The number of halogens is 2. The fourth-order valence-electron chi connectivity index (χ4n) is 4.83. The summed E-state index contributed by atoms with van der Waals surface area (Å²) in [5.74, 6) is 0.164. The van der Waals surface area contributed by atoms with Gasteiger partial charge in [-0.2, -0.15) is 5.10 Å². The molecule has 5 aromatic rings. The van der Waals surface area contributed by atoms with Crippen LogP contribution in [0.15, 0.2) is 88.3 Å². The van der Waals surface area contributed by atoms with Crippen LogP contribution in [0.1, 0.15) is 0 Å². The second-order valence-electron chi connectivity index (χ2n) is 9.74. The number of rotatable bonds is 6. The minimum Gasteiger partial charge on any atom is -0.463 e. The largest absolute Gasteiger partial charge is 0.463 e. The van der Waals surface area contributed by atoms with Crippen molar-refractivity contribution in [1.29, 1.82) is 0 Å². The molecule has 216 valence electrons. The number of benzene rings is 3. The molecule has 0 amide bonds. The molecule has 12 heteroatoms. The predicted octanol–water partition coefficient (Wildman–Crippen LogP) is 3.80. The molecular weight excluding hydrogens is 587 g/mol. The minimum absolute atomic E-state index is 0.164. The van der Waals surface area contributed by atoms with Crippen molar-refractivity contribution in [3.8, 4) is 34.0 Å². The minimum atomic E-state index is -1.59. The summed E-state index contributed by atoms with van der Waals surface area (Å²) in [7, 11) is 0. The Morgan fingerprint density at radius 1 is 0.905 bits per heavy atom. The Bertz CT molecular complexity index is 1810. The van der Waals surface area contributed by atoms with Gasteiger partial charge in [0.05, 0.1) is 39.7 Å². The van der Waals surface area contributed by atoms with E-state index in [0.29, 0.717) is 32.7 Å². The number of fused-ring (bicyclic) bond motifs is 1. The molecule has 0 spiro atoms. The lowest BCUT2D eigenvalue weighted by atomic mass is 9.99. The highest BCUT2D eigenvalue weighted by atomic mass is 35.5. The molecule has 3 aromatic carbocycles. The van der Waals surface area contributed by atoms with Gasteiger partial charge in [0.25, 0.3) is 0 Å². The second-order valence-corrected chi connectivity index (χ2v) is 10.6. The molecule has 2 aromatic heterocycles. The van der Waals surface area contributed by atoms with Crippen LogP contribution in [0, 0.1) is 0 Å². The Kier molecular flexibility index (Phi) is 7.77. The number of nitrogens with zero attached hydrogens (tertiary/aromatic N) is 2. The van der Waals surface area contributed by atoms with Gasteiger partial charge >= 0.3 is 0 Å². The van der Waals surface area contributed by atoms with E-state index >= 15 is 0 Å². The van der Waals surface area contributed by atoms with Gasteiger partial charge in [-0.15, -0.1) is 0 Å². The highest BCUT2D eigenvalue weighted by Gasteiger charge is 2.44. The summed E-state index contributed by atoms with van der Waals surface area (Å²) in [5.41, 5.74) is 2.46. The number of hydrogen-bond acceptors (Lipinski definition) is 9. The lowest BCUT2D eigenvalue weighted by Gasteiger charge is -2.39. The Morgan fingerprint density at radius 3 is 2.43 bits per heavy atom. The van der Waals surface area contributed by atoms with Gasteiger partial charge in [0.1, 0.15) is 42.0 Å². The molecule has 1 fully saturated rings. The van der Waals surface area contributed by atoms with Crippen LogP contribution < -0.4 is 10.2 Å². The third-order valence-electron chi connectivity index (χ3n) is 7.04. The fourth-order valence-corrected chi connectivity index (χ4v) is 5.33. The van der Waals surface area contributed by atoms with Crippen LogP contribution in [0.2, 0.25) is 10.0 Å². The summed E-state index contributed by atoms with van der Waals surface area (Å²) in [5, 5.41) is 45.7. The lowest BCUT2D eigenvalue weighted by molar-refractivity contribution is -0.277. The van der Waals surface area contributed by atoms with E-state index in [-0.39, 0.29) is 27.7 Å². The Labute approximate surface area is 248 Å². The summed E-state index contributed by atoms with van der Waals surface area (Å²) in [4.78, 5) is 13.7. The van der Waals surface area contributed by atoms with Crippen molar-refractivity contribution in [1.82, 2.24) is 9.78 Å². The molecule has 0 saturated carbocycles. The third-order valence-corrected chi connectivity index (χ3v) is 7.59. The number of hydrogen-bond donors (Lipinski definition) is 4. The van der Waals surface area contributed by atoms with Gasteiger partial charge in [-0.25, -0.2) is 4.68 Å². The third kappa shape index (κ3) is 5.18. The molecule has 6 rings (SSSR count). The van der Waals surface area contributed by atoms with Crippen molar-refractivity contribution in [3.63, 3.8) is 0 Å². The maximum atomic E-state index is 13.7. The Morgan fingerprint density at radius 2 is 1.69 bits per heavy atom. The summed E-state index contributed by atoms with van der Waals surface area (Å²) in [6, 6.07) is 20.6. The quantitative estimate of drug-likeness (QED) is 0.225. The molecule has 0 radical (unpaired) electrons. The first-order chi connectivity index (χ1) is 20.2. The number of aromatic nitrogens is 2. The van der Waals surface area contributed by atoms with E-state index < -0.39 is 37.3 Å². The molecule has 42 heavy (non-hydrogen) atoms. The van der Waals surface area contributed by atoms with Crippen LogP contribution in [0.5, 0.6) is 5.75 Å². The first kappa shape index (κ1) is 28.4. The maximum absolute atomic E-state index is 13.7. The molecule has 0 aliphatic carbocycles. The molecule has 0 bridgehead atoms. The zero-order valence-corrected chi connectivity index (χ0v) is 23.2. The summed E-state index contributed by atoms with van der Waals surface area (Å²) < 4.78 is 18.6. The van der Waals surface area contributed by atoms with Gasteiger partial charge in [-0.3, -0.25) is 4.79 Å².